The summed E-state index contributed by atoms with van der Waals surface area (Å²) in [6.07, 6.45) is 8.58. The minimum atomic E-state index is 0.826. The molecule has 1 N–H and O–H groups in total. The van der Waals surface area contributed by atoms with E-state index in [-0.39, 0.29) is 0 Å². The third-order valence-corrected chi connectivity index (χ3v) is 4.27. The highest BCUT2D eigenvalue weighted by Gasteiger charge is 2.17. The van der Waals surface area contributed by atoms with Crippen LogP contribution in [-0.4, -0.2) is 9.97 Å². The van der Waals surface area contributed by atoms with Gasteiger partial charge >= 0.3 is 0 Å². The predicted octanol–water partition coefficient (Wildman–Crippen LogP) is 4.25. The molecule has 1 aliphatic carbocycles. The first kappa shape index (κ1) is 10.4. The molecule has 2 nitrogen and oxygen atoms in total. The molecule has 0 bridgehead atoms. The molecule has 2 aromatic heterocycles. The molecular formula is C15H13ClN2. The maximum atomic E-state index is 6.39. The lowest BCUT2D eigenvalue weighted by Crippen LogP contribution is -1.99. The number of aryl methyl sites for hydroxylation is 2. The van der Waals surface area contributed by atoms with E-state index in [2.05, 4.69) is 16.0 Å². The van der Waals surface area contributed by atoms with E-state index in [1.165, 1.54) is 35.0 Å². The van der Waals surface area contributed by atoms with Crippen molar-refractivity contribution >= 4 is 33.3 Å². The van der Waals surface area contributed by atoms with Gasteiger partial charge in [0, 0.05) is 39.3 Å². The zero-order valence-corrected chi connectivity index (χ0v) is 10.7. The number of H-pyrrole nitrogens is 1. The minimum Gasteiger partial charge on any atom is -0.358 e. The van der Waals surface area contributed by atoms with Gasteiger partial charge in [-0.3, -0.25) is 4.98 Å². The van der Waals surface area contributed by atoms with Gasteiger partial charge in [-0.1, -0.05) is 11.6 Å². The van der Waals surface area contributed by atoms with Crippen molar-refractivity contribution in [2.45, 2.75) is 25.7 Å². The van der Waals surface area contributed by atoms with Crippen LogP contribution in [0, 0.1) is 0 Å². The molecule has 3 heteroatoms. The van der Waals surface area contributed by atoms with Crippen molar-refractivity contribution in [3.05, 3.63) is 40.8 Å². The number of fused-ring (bicyclic) bond motifs is 5. The first-order valence-corrected chi connectivity index (χ1v) is 6.78. The Morgan fingerprint density at radius 1 is 1.11 bits per heavy atom. The summed E-state index contributed by atoms with van der Waals surface area (Å²) >= 11 is 6.39. The summed E-state index contributed by atoms with van der Waals surface area (Å²) < 4.78 is 0. The molecule has 0 amide bonds. The second kappa shape index (κ2) is 3.72. The van der Waals surface area contributed by atoms with E-state index in [1.54, 1.807) is 6.20 Å². The minimum absolute atomic E-state index is 0.826. The highest BCUT2D eigenvalue weighted by molar-refractivity contribution is 6.37. The maximum Gasteiger partial charge on any atom is 0.0555 e. The van der Waals surface area contributed by atoms with Gasteiger partial charge in [0.25, 0.3) is 0 Å². The molecular weight excluding hydrogens is 244 g/mol. The fraction of sp³-hybridized carbons (Fsp3) is 0.267. The Balaban J connectivity index is 2.20. The third kappa shape index (κ3) is 1.33. The predicted molar refractivity (Wildman–Crippen MR) is 75.3 cm³/mol. The van der Waals surface area contributed by atoms with Crippen LogP contribution in [0.3, 0.4) is 0 Å². The van der Waals surface area contributed by atoms with Gasteiger partial charge in [-0.15, -0.1) is 0 Å². The molecule has 90 valence electrons. The van der Waals surface area contributed by atoms with Crippen LogP contribution in [0.25, 0.3) is 21.7 Å². The maximum absolute atomic E-state index is 6.39. The molecule has 0 spiro atoms. The monoisotopic (exact) mass is 256 g/mol. The molecule has 3 aromatic rings. The largest absolute Gasteiger partial charge is 0.358 e. The number of halogens is 1. The highest BCUT2D eigenvalue weighted by atomic mass is 35.5. The van der Waals surface area contributed by atoms with Crippen LogP contribution in [0.4, 0.5) is 0 Å². The van der Waals surface area contributed by atoms with Crippen molar-refractivity contribution in [2.24, 2.45) is 0 Å². The molecule has 0 atom stereocenters. The zero-order chi connectivity index (χ0) is 12.1. The molecule has 1 aromatic carbocycles. The first-order chi connectivity index (χ1) is 8.84. The molecule has 0 saturated heterocycles. The number of hydrogen-bond acceptors (Lipinski definition) is 1. The van der Waals surface area contributed by atoms with Gasteiger partial charge in [0.2, 0.25) is 0 Å². The number of nitrogens with one attached hydrogen (secondary N) is 1. The molecule has 2 heterocycles. The second-order valence-corrected chi connectivity index (χ2v) is 5.40. The fourth-order valence-corrected chi connectivity index (χ4v) is 3.36. The van der Waals surface area contributed by atoms with Gasteiger partial charge in [0.05, 0.1) is 5.52 Å². The smallest absolute Gasteiger partial charge is 0.0555 e. The van der Waals surface area contributed by atoms with Gasteiger partial charge in [-0.2, -0.15) is 0 Å². The van der Waals surface area contributed by atoms with Crippen LogP contribution in [0.1, 0.15) is 24.1 Å². The van der Waals surface area contributed by atoms with Gasteiger partial charge in [-0.05, 0) is 43.4 Å². The zero-order valence-electron chi connectivity index (χ0n) is 9.96. The molecule has 0 radical (unpaired) electrons. The van der Waals surface area contributed by atoms with E-state index in [0.29, 0.717) is 0 Å². The Morgan fingerprint density at radius 3 is 2.94 bits per heavy atom. The molecule has 0 saturated carbocycles. The summed E-state index contributed by atoms with van der Waals surface area (Å²) in [5, 5.41) is 4.33. The van der Waals surface area contributed by atoms with Gasteiger partial charge in [-0.25, -0.2) is 0 Å². The van der Waals surface area contributed by atoms with Crippen molar-refractivity contribution < 1.29 is 0 Å². The number of nitrogens with zero attached hydrogens (tertiary/aromatic N) is 1. The summed E-state index contributed by atoms with van der Waals surface area (Å²) in [6.45, 7) is 0. The molecule has 0 fully saturated rings. The van der Waals surface area contributed by atoms with E-state index < -0.39 is 0 Å². The van der Waals surface area contributed by atoms with Crippen LogP contribution in [-0.2, 0) is 12.8 Å². The molecule has 4 rings (SSSR count). The van der Waals surface area contributed by atoms with E-state index in [4.69, 9.17) is 11.6 Å². The number of hydrogen-bond donors (Lipinski definition) is 1. The van der Waals surface area contributed by atoms with E-state index in [0.717, 1.165) is 28.6 Å². The number of aromatic nitrogens is 2. The lowest BCUT2D eigenvalue weighted by Gasteiger charge is -2.10. The summed E-state index contributed by atoms with van der Waals surface area (Å²) in [6, 6.07) is 4.09. The number of rotatable bonds is 0. The van der Waals surface area contributed by atoms with E-state index >= 15 is 0 Å². The summed E-state index contributed by atoms with van der Waals surface area (Å²) in [7, 11) is 0. The summed E-state index contributed by atoms with van der Waals surface area (Å²) in [4.78, 5) is 7.82. The molecule has 1 aliphatic rings. The standard InChI is InChI=1S/C15H13ClN2/c16-13-7-11-10-3-1-2-4-14(10)18-15(11)12-8-17-6-5-9(12)13/h5-8,18H,1-4H2. The van der Waals surface area contributed by atoms with Crippen LogP contribution >= 0.6 is 11.6 Å². The number of benzene rings is 1. The Bertz CT molecular complexity index is 758. The summed E-state index contributed by atoms with van der Waals surface area (Å²) in [5.41, 5.74) is 4.06. The van der Waals surface area contributed by atoms with E-state index in [1.807, 2.05) is 12.3 Å². The topological polar surface area (TPSA) is 28.7 Å². The third-order valence-electron chi connectivity index (χ3n) is 3.96. The first-order valence-electron chi connectivity index (χ1n) is 6.40. The van der Waals surface area contributed by atoms with Gasteiger partial charge in [0.1, 0.15) is 0 Å². The van der Waals surface area contributed by atoms with Crippen LogP contribution in [0.5, 0.6) is 0 Å². The van der Waals surface area contributed by atoms with Crippen molar-refractivity contribution in [2.75, 3.05) is 0 Å². The van der Waals surface area contributed by atoms with Gasteiger partial charge < -0.3 is 4.98 Å². The highest BCUT2D eigenvalue weighted by Crippen LogP contribution is 2.36. The van der Waals surface area contributed by atoms with Crippen molar-refractivity contribution in [3.63, 3.8) is 0 Å². The Hall–Kier alpha value is -1.54. The SMILES string of the molecule is Clc1cc2c3c([nH]c2c2cnccc12)CCCC3. The van der Waals surface area contributed by atoms with Gasteiger partial charge in [0.15, 0.2) is 0 Å². The molecule has 0 aliphatic heterocycles. The number of aromatic amines is 1. The molecule has 0 unspecified atom stereocenters. The lowest BCUT2D eigenvalue weighted by molar-refractivity contribution is 0.680. The van der Waals surface area contributed by atoms with Crippen molar-refractivity contribution in [1.82, 2.24) is 9.97 Å². The average Bonchev–Trinajstić information content (AvgIpc) is 2.78. The Morgan fingerprint density at radius 2 is 2.00 bits per heavy atom. The van der Waals surface area contributed by atoms with Crippen LogP contribution in [0.15, 0.2) is 24.5 Å². The number of pyridine rings is 1. The van der Waals surface area contributed by atoms with Crippen LogP contribution in [0.2, 0.25) is 5.02 Å². The van der Waals surface area contributed by atoms with Crippen LogP contribution < -0.4 is 0 Å². The van der Waals surface area contributed by atoms with Crippen molar-refractivity contribution in [3.8, 4) is 0 Å². The Labute approximate surface area is 110 Å². The summed E-state index contributed by atoms with van der Waals surface area (Å²) in [5.74, 6) is 0. The normalized spacial score (nSPS) is 15.2. The molecule has 18 heavy (non-hydrogen) atoms. The lowest BCUT2D eigenvalue weighted by atomic mass is 9.95. The second-order valence-electron chi connectivity index (χ2n) is 4.99. The average molecular weight is 257 g/mol. The Kier molecular flexibility index (Phi) is 2.15. The quantitative estimate of drug-likeness (QED) is 0.640. The van der Waals surface area contributed by atoms with Crippen molar-refractivity contribution in [1.29, 1.82) is 0 Å². The van der Waals surface area contributed by atoms with E-state index in [9.17, 15) is 0 Å². The fourth-order valence-electron chi connectivity index (χ4n) is 3.09.